The largest absolute Gasteiger partial charge is 1.00 e. The van der Waals surface area contributed by atoms with Crippen molar-refractivity contribution in [3.63, 3.8) is 0 Å². The van der Waals surface area contributed by atoms with E-state index in [1.807, 2.05) is 0 Å². The Labute approximate surface area is 141 Å². The van der Waals surface area contributed by atoms with Gasteiger partial charge in [-0.05, 0) is 36.8 Å². The summed E-state index contributed by atoms with van der Waals surface area (Å²) < 4.78 is 0. The van der Waals surface area contributed by atoms with E-state index in [0.29, 0.717) is 0 Å². The van der Waals surface area contributed by atoms with Gasteiger partial charge in [0.15, 0.2) is 0 Å². The van der Waals surface area contributed by atoms with Gasteiger partial charge in [0.05, 0.1) is 0 Å². The predicted molar refractivity (Wildman–Crippen MR) is 85.1 cm³/mol. The molecule has 0 heterocycles. The molecule has 2 aromatic rings. The number of rotatable bonds is 3. The Bertz CT molecular complexity index is 545. The molecule has 2 aromatic carbocycles. The molecule has 0 aliphatic heterocycles. The minimum absolute atomic E-state index is 0. The van der Waals surface area contributed by atoms with Gasteiger partial charge in [0.25, 0.3) is 0 Å². The average Bonchev–Trinajstić information content (AvgIpc) is 2.49. The minimum Gasteiger partial charge on any atom is -0.177 e. The summed E-state index contributed by atoms with van der Waals surface area (Å²) in [4.78, 5) is 0. The molecule has 0 saturated heterocycles. The summed E-state index contributed by atoms with van der Waals surface area (Å²) >= 11 is 0. The molecular formula is C20H23Li. The summed E-state index contributed by atoms with van der Waals surface area (Å²) in [6.45, 7) is 2.26. The summed E-state index contributed by atoms with van der Waals surface area (Å²) in [6.07, 6.45) is 8.30. The summed E-state index contributed by atoms with van der Waals surface area (Å²) in [5.74, 6) is 0. The molecule has 104 valence electrons. The maximum Gasteiger partial charge on any atom is 1.00 e. The molecule has 21 heavy (non-hydrogen) atoms. The third-order valence-electron chi connectivity index (χ3n) is 4.22. The Morgan fingerprint density at radius 2 is 1.62 bits per heavy atom. The van der Waals surface area contributed by atoms with Crippen LogP contribution < -0.4 is 18.9 Å². The first kappa shape index (κ1) is 16.4. The Balaban J connectivity index is 0.00000161. The zero-order valence-corrected chi connectivity index (χ0v) is 13.4. The Hall–Kier alpha value is -0.963. The molecule has 0 radical (unpaired) electrons. The minimum atomic E-state index is 0. The van der Waals surface area contributed by atoms with E-state index in [2.05, 4.69) is 49.4 Å². The second kappa shape index (κ2) is 7.88. The van der Waals surface area contributed by atoms with Crippen LogP contribution in [0, 0.1) is 6.07 Å². The SMILES string of the molecule is CCCCc1[c-]c2cc(c1)CCc1cccc(c1)CC2.[Li+]. The third-order valence-corrected chi connectivity index (χ3v) is 4.22. The number of hydrogen-bond acceptors (Lipinski definition) is 0. The predicted octanol–water partition coefficient (Wildman–Crippen LogP) is 1.72. The van der Waals surface area contributed by atoms with Crippen LogP contribution in [0.2, 0.25) is 0 Å². The van der Waals surface area contributed by atoms with E-state index >= 15 is 0 Å². The smallest absolute Gasteiger partial charge is 0.177 e. The van der Waals surface area contributed by atoms with Crippen molar-refractivity contribution in [2.45, 2.75) is 51.9 Å². The molecule has 1 aliphatic rings. The van der Waals surface area contributed by atoms with Gasteiger partial charge in [-0.1, -0.05) is 50.5 Å². The van der Waals surface area contributed by atoms with E-state index in [1.165, 1.54) is 47.1 Å². The second-order valence-electron chi connectivity index (χ2n) is 5.96. The maximum atomic E-state index is 3.64. The summed E-state index contributed by atoms with van der Waals surface area (Å²) in [5, 5.41) is 0. The molecule has 0 nitrogen and oxygen atoms in total. The Kier molecular flexibility index (Phi) is 6.16. The van der Waals surface area contributed by atoms with Crippen molar-refractivity contribution in [3.8, 4) is 0 Å². The Morgan fingerprint density at radius 1 is 0.905 bits per heavy atom. The van der Waals surface area contributed by atoms with Crippen LogP contribution in [0.4, 0.5) is 0 Å². The van der Waals surface area contributed by atoms with Gasteiger partial charge in [0.2, 0.25) is 0 Å². The fraction of sp³-hybridized carbons (Fsp3) is 0.400. The first-order valence-electron chi connectivity index (χ1n) is 7.95. The fourth-order valence-corrected chi connectivity index (χ4v) is 3.06. The molecule has 0 saturated carbocycles. The molecule has 0 N–H and O–H groups in total. The van der Waals surface area contributed by atoms with Gasteiger partial charge in [0, 0.05) is 0 Å². The van der Waals surface area contributed by atoms with Gasteiger partial charge in [-0.2, -0.15) is 34.9 Å². The normalized spacial score (nSPS) is 13.4. The van der Waals surface area contributed by atoms with E-state index in [-0.39, 0.29) is 18.9 Å². The van der Waals surface area contributed by atoms with E-state index in [0.717, 1.165) is 25.7 Å². The number of fused-ring (bicyclic) bond motifs is 4. The van der Waals surface area contributed by atoms with E-state index in [1.54, 1.807) is 0 Å². The van der Waals surface area contributed by atoms with Crippen molar-refractivity contribution in [2.75, 3.05) is 0 Å². The molecule has 1 heteroatoms. The van der Waals surface area contributed by atoms with Gasteiger partial charge in [0.1, 0.15) is 0 Å². The zero-order chi connectivity index (χ0) is 13.8. The van der Waals surface area contributed by atoms with Crippen LogP contribution in [0.5, 0.6) is 0 Å². The van der Waals surface area contributed by atoms with Gasteiger partial charge in [-0.15, -0.1) is 0 Å². The molecule has 0 unspecified atom stereocenters. The first-order valence-corrected chi connectivity index (χ1v) is 7.95. The summed E-state index contributed by atoms with van der Waals surface area (Å²) in [6, 6.07) is 17.5. The molecule has 3 rings (SSSR count). The van der Waals surface area contributed by atoms with Crippen molar-refractivity contribution in [1.82, 2.24) is 0 Å². The van der Waals surface area contributed by atoms with Crippen molar-refractivity contribution >= 4 is 0 Å². The van der Waals surface area contributed by atoms with E-state index in [4.69, 9.17) is 0 Å². The Morgan fingerprint density at radius 3 is 2.38 bits per heavy atom. The number of unbranched alkanes of at least 4 members (excludes halogenated alkanes) is 1. The van der Waals surface area contributed by atoms with Gasteiger partial charge >= 0.3 is 18.9 Å². The zero-order valence-electron chi connectivity index (χ0n) is 13.4. The van der Waals surface area contributed by atoms with Crippen LogP contribution in [0.3, 0.4) is 0 Å². The van der Waals surface area contributed by atoms with Gasteiger partial charge in [-0.3, -0.25) is 0 Å². The van der Waals surface area contributed by atoms with Gasteiger partial charge < -0.3 is 0 Å². The molecule has 1 aliphatic carbocycles. The molecule has 0 aromatic heterocycles. The quantitative estimate of drug-likeness (QED) is 0.588. The van der Waals surface area contributed by atoms with Crippen LogP contribution in [-0.4, -0.2) is 0 Å². The summed E-state index contributed by atoms with van der Waals surface area (Å²) in [7, 11) is 0. The van der Waals surface area contributed by atoms with E-state index < -0.39 is 0 Å². The van der Waals surface area contributed by atoms with Crippen LogP contribution in [0.25, 0.3) is 0 Å². The van der Waals surface area contributed by atoms with Crippen LogP contribution in [0.15, 0.2) is 36.4 Å². The van der Waals surface area contributed by atoms with Crippen molar-refractivity contribution in [2.24, 2.45) is 0 Å². The van der Waals surface area contributed by atoms with Crippen LogP contribution in [-0.2, 0) is 32.1 Å². The number of aryl methyl sites for hydroxylation is 5. The molecule has 0 fully saturated rings. The van der Waals surface area contributed by atoms with Gasteiger partial charge in [-0.25, -0.2) is 0 Å². The molecule has 0 atom stereocenters. The third kappa shape index (κ3) is 4.50. The molecular weight excluding hydrogens is 247 g/mol. The first-order chi connectivity index (χ1) is 9.83. The second-order valence-corrected chi connectivity index (χ2v) is 5.96. The van der Waals surface area contributed by atoms with Crippen LogP contribution >= 0.6 is 0 Å². The maximum absolute atomic E-state index is 3.64. The van der Waals surface area contributed by atoms with Crippen molar-refractivity contribution < 1.29 is 18.9 Å². The fourth-order valence-electron chi connectivity index (χ4n) is 3.06. The number of benzene rings is 2. The van der Waals surface area contributed by atoms with Crippen LogP contribution in [0.1, 0.15) is 47.6 Å². The molecule has 4 bridgehead atoms. The van der Waals surface area contributed by atoms with Crippen molar-refractivity contribution in [3.05, 3.63) is 70.3 Å². The monoisotopic (exact) mass is 270 g/mol. The standard InChI is InChI=1S/C20H23.Li/c1-2-3-5-18-13-19-10-8-16-6-4-7-17(12-16)9-11-20(14-18)15-19;/h4,6-7,12-13,15H,2-3,5,8-11H2,1H3;/q-1;+1. The number of hydrogen-bond donors (Lipinski definition) is 0. The van der Waals surface area contributed by atoms with E-state index in [9.17, 15) is 0 Å². The summed E-state index contributed by atoms with van der Waals surface area (Å²) in [5.41, 5.74) is 7.27. The topological polar surface area (TPSA) is 0 Å². The average molecular weight is 270 g/mol. The van der Waals surface area contributed by atoms with Crippen molar-refractivity contribution in [1.29, 1.82) is 0 Å². The molecule has 0 spiro atoms. The molecule has 0 amide bonds.